The smallest absolute Gasteiger partial charge is 0.102 e. The van der Waals surface area contributed by atoms with Gasteiger partial charge in [-0.3, -0.25) is 4.90 Å². The molecule has 0 amide bonds. The maximum absolute atomic E-state index is 11.9. The number of alkyl halides is 1. The Morgan fingerprint density at radius 1 is 1.60 bits per heavy atom. The molecule has 0 aliphatic carbocycles. The summed E-state index contributed by atoms with van der Waals surface area (Å²) in [5.41, 5.74) is 0. The van der Waals surface area contributed by atoms with Gasteiger partial charge in [0.05, 0.1) is 19.3 Å². The van der Waals surface area contributed by atoms with Crippen molar-refractivity contribution in [2.75, 3.05) is 33.0 Å². The summed E-state index contributed by atoms with van der Waals surface area (Å²) in [4.78, 5) is 2.11. The van der Waals surface area contributed by atoms with Crippen LogP contribution in [-0.2, 0) is 4.74 Å². The molecule has 1 aliphatic heterocycles. The first kappa shape index (κ1) is 7.95. The highest BCUT2D eigenvalue weighted by Crippen LogP contribution is 2.08. The van der Waals surface area contributed by atoms with E-state index in [-0.39, 0.29) is 6.67 Å². The van der Waals surface area contributed by atoms with Gasteiger partial charge in [-0.1, -0.05) is 6.92 Å². The van der Waals surface area contributed by atoms with E-state index in [0.29, 0.717) is 12.6 Å². The Labute approximate surface area is 61.0 Å². The van der Waals surface area contributed by atoms with Gasteiger partial charge >= 0.3 is 0 Å². The van der Waals surface area contributed by atoms with Crippen LogP contribution in [0.4, 0.5) is 4.39 Å². The lowest BCUT2D eigenvalue weighted by molar-refractivity contribution is -0.0642. The normalized spacial score (nSPS) is 19.5. The van der Waals surface area contributed by atoms with Crippen LogP contribution in [0.1, 0.15) is 6.92 Å². The van der Waals surface area contributed by atoms with E-state index < -0.39 is 0 Å². The lowest BCUT2D eigenvalue weighted by Gasteiger charge is -2.35. The topological polar surface area (TPSA) is 12.5 Å². The second kappa shape index (κ2) is 3.88. The molecular weight excluding hydrogens is 133 g/mol. The van der Waals surface area contributed by atoms with Crippen molar-refractivity contribution in [3.8, 4) is 0 Å². The van der Waals surface area contributed by atoms with Crippen LogP contribution >= 0.6 is 0 Å². The van der Waals surface area contributed by atoms with Gasteiger partial charge in [0.25, 0.3) is 0 Å². The lowest BCUT2D eigenvalue weighted by atomic mass is 10.2. The molecule has 60 valence electrons. The molecule has 1 saturated heterocycles. The van der Waals surface area contributed by atoms with Crippen molar-refractivity contribution in [2.24, 2.45) is 0 Å². The van der Waals surface area contributed by atoms with Gasteiger partial charge < -0.3 is 4.74 Å². The molecule has 0 aromatic heterocycles. The molecule has 0 unspecified atom stereocenters. The second-order valence-corrected chi connectivity index (χ2v) is 2.51. The van der Waals surface area contributed by atoms with Crippen molar-refractivity contribution >= 4 is 0 Å². The molecule has 0 aromatic carbocycles. The van der Waals surface area contributed by atoms with Crippen molar-refractivity contribution in [3.05, 3.63) is 0 Å². The van der Waals surface area contributed by atoms with Crippen LogP contribution in [0.25, 0.3) is 0 Å². The summed E-state index contributed by atoms with van der Waals surface area (Å²) in [7, 11) is 0. The van der Waals surface area contributed by atoms with E-state index in [9.17, 15) is 4.39 Å². The molecule has 0 spiro atoms. The molecule has 0 aromatic rings. The Bertz CT molecular complexity index is 95.6. The summed E-state index contributed by atoms with van der Waals surface area (Å²) in [5, 5.41) is 0. The first-order chi connectivity index (χ1) is 4.88. The standard InChI is InChI=1S/C7H14FNO/c1-2-9(4-3-8)7-5-10-6-7/h7H,2-6H2,1H3. The van der Waals surface area contributed by atoms with Crippen LogP contribution in [0, 0.1) is 0 Å². The highest BCUT2D eigenvalue weighted by Gasteiger charge is 2.23. The molecule has 3 heteroatoms. The average molecular weight is 147 g/mol. The molecule has 0 N–H and O–H groups in total. The van der Waals surface area contributed by atoms with Gasteiger partial charge in [-0.05, 0) is 6.54 Å². The van der Waals surface area contributed by atoms with Crippen LogP contribution in [0.5, 0.6) is 0 Å². The van der Waals surface area contributed by atoms with E-state index >= 15 is 0 Å². The van der Waals surface area contributed by atoms with Crippen molar-refractivity contribution in [2.45, 2.75) is 13.0 Å². The third-order valence-corrected chi connectivity index (χ3v) is 1.91. The molecule has 1 heterocycles. The number of hydrogen-bond acceptors (Lipinski definition) is 2. The minimum absolute atomic E-state index is 0.246. The van der Waals surface area contributed by atoms with Crippen LogP contribution in [0.3, 0.4) is 0 Å². The first-order valence-electron chi connectivity index (χ1n) is 3.76. The summed E-state index contributed by atoms with van der Waals surface area (Å²) in [6.45, 7) is 4.86. The predicted molar refractivity (Wildman–Crippen MR) is 37.8 cm³/mol. The molecule has 0 atom stereocenters. The monoisotopic (exact) mass is 147 g/mol. The molecule has 1 fully saturated rings. The third-order valence-electron chi connectivity index (χ3n) is 1.91. The molecular formula is C7H14FNO. The van der Waals surface area contributed by atoms with Gasteiger partial charge in [0.2, 0.25) is 0 Å². The first-order valence-corrected chi connectivity index (χ1v) is 3.76. The number of rotatable bonds is 4. The summed E-state index contributed by atoms with van der Waals surface area (Å²) >= 11 is 0. The molecule has 10 heavy (non-hydrogen) atoms. The van der Waals surface area contributed by atoms with E-state index in [0.717, 1.165) is 19.8 Å². The highest BCUT2D eigenvalue weighted by molar-refractivity contribution is 4.75. The largest absolute Gasteiger partial charge is 0.378 e. The Balaban J connectivity index is 2.17. The Kier molecular flexibility index (Phi) is 3.09. The molecule has 2 nitrogen and oxygen atoms in total. The zero-order valence-electron chi connectivity index (χ0n) is 6.35. The summed E-state index contributed by atoms with van der Waals surface area (Å²) in [6.07, 6.45) is 0. The average Bonchev–Trinajstić information content (AvgIpc) is 1.83. The van der Waals surface area contributed by atoms with E-state index in [1.807, 2.05) is 6.92 Å². The van der Waals surface area contributed by atoms with Gasteiger partial charge in [-0.15, -0.1) is 0 Å². The molecule has 0 bridgehead atoms. The van der Waals surface area contributed by atoms with Gasteiger partial charge in [0.1, 0.15) is 6.67 Å². The van der Waals surface area contributed by atoms with Crippen molar-refractivity contribution in [1.82, 2.24) is 4.90 Å². The van der Waals surface area contributed by atoms with E-state index in [1.54, 1.807) is 0 Å². The van der Waals surface area contributed by atoms with Crippen LogP contribution in [-0.4, -0.2) is 43.9 Å². The second-order valence-electron chi connectivity index (χ2n) is 2.51. The molecule has 1 rings (SSSR count). The Morgan fingerprint density at radius 2 is 2.30 bits per heavy atom. The number of ether oxygens (including phenoxy) is 1. The predicted octanol–water partition coefficient (Wildman–Crippen LogP) is 0.677. The fourth-order valence-electron chi connectivity index (χ4n) is 1.14. The number of hydrogen-bond donors (Lipinski definition) is 0. The van der Waals surface area contributed by atoms with Crippen LogP contribution < -0.4 is 0 Å². The zero-order chi connectivity index (χ0) is 7.40. The van der Waals surface area contributed by atoms with E-state index in [1.165, 1.54) is 0 Å². The summed E-state index contributed by atoms with van der Waals surface area (Å²) in [6, 6.07) is 0.487. The summed E-state index contributed by atoms with van der Waals surface area (Å²) < 4.78 is 16.9. The van der Waals surface area contributed by atoms with Crippen molar-refractivity contribution in [1.29, 1.82) is 0 Å². The van der Waals surface area contributed by atoms with Gasteiger partial charge in [0.15, 0.2) is 0 Å². The highest BCUT2D eigenvalue weighted by atomic mass is 19.1. The van der Waals surface area contributed by atoms with E-state index in [4.69, 9.17) is 4.74 Å². The fraction of sp³-hybridized carbons (Fsp3) is 1.00. The lowest BCUT2D eigenvalue weighted by Crippen LogP contribution is -2.49. The molecule has 0 radical (unpaired) electrons. The van der Waals surface area contributed by atoms with Crippen LogP contribution in [0.2, 0.25) is 0 Å². The number of halogens is 1. The van der Waals surface area contributed by atoms with Crippen LogP contribution in [0.15, 0.2) is 0 Å². The van der Waals surface area contributed by atoms with E-state index in [2.05, 4.69) is 4.90 Å². The minimum Gasteiger partial charge on any atom is -0.378 e. The molecule has 0 saturated carbocycles. The fourth-order valence-corrected chi connectivity index (χ4v) is 1.14. The van der Waals surface area contributed by atoms with Crippen molar-refractivity contribution < 1.29 is 9.13 Å². The third kappa shape index (κ3) is 1.67. The number of likely N-dealkylation sites (N-methyl/N-ethyl adjacent to an activating group) is 1. The Hall–Kier alpha value is -0.150. The SMILES string of the molecule is CCN(CCF)C1COC1. The Morgan fingerprint density at radius 3 is 2.60 bits per heavy atom. The zero-order valence-corrected chi connectivity index (χ0v) is 6.35. The van der Waals surface area contributed by atoms with Gasteiger partial charge in [-0.2, -0.15) is 0 Å². The maximum atomic E-state index is 11.9. The quantitative estimate of drug-likeness (QED) is 0.579. The van der Waals surface area contributed by atoms with Gasteiger partial charge in [0, 0.05) is 6.54 Å². The van der Waals surface area contributed by atoms with Crippen molar-refractivity contribution in [3.63, 3.8) is 0 Å². The summed E-state index contributed by atoms with van der Waals surface area (Å²) in [5.74, 6) is 0. The minimum atomic E-state index is -0.246. The number of nitrogens with zero attached hydrogens (tertiary/aromatic N) is 1. The maximum Gasteiger partial charge on any atom is 0.102 e. The molecule has 1 aliphatic rings. The van der Waals surface area contributed by atoms with Gasteiger partial charge in [-0.25, -0.2) is 4.39 Å².